The molecule has 166 valence electrons. The van der Waals surface area contributed by atoms with Gasteiger partial charge in [-0.1, -0.05) is 11.6 Å². The number of hydrogen-bond acceptors (Lipinski definition) is 4. The first kappa shape index (κ1) is 21.5. The maximum atomic E-state index is 14.1. The zero-order valence-electron chi connectivity index (χ0n) is 17.0. The van der Waals surface area contributed by atoms with Crippen LogP contribution in [0.3, 0.4) is 0 Å². The lowest BCUT2D eigenvalue weighted by molar-refractivity contribution is 0.0761. The van der Waals surface area contributed by atoms with E-state index in [2.05, 4.69) is 10.4 Å². The number of fused-ring (bicyclic) bond motifs is 3. The molecule has 0 radical (unpaired) electrons. The molecule has 2 aliphatic rings. The van der Waals surface area contributed by atoms with Gasteiger partial charge in [-0.05, 0) is 13.0 Å². The van der Waals surface area contributed by atoms with Crippen LogP contribution in [0, 0.1) is 17.6 Å². The average Bonchev–Trinajstić information content (AvgIpc) is 3.00. The Bertz CT molecular complexity index is 1060. The summed E-state index contributed by atoms with van der Waals surface area (Å²) in [6.07, 6.45) is 0.413. The van der Waals surface area contributed by atoms with Crippen molar-refractivity contribution >= 4 is 29.2 Å². The van der Waals surface area contributed by atoms with E-state index in [9.17, 15) is 23.5 Å². The topological polar surface area (TPSA) is 90.7 Å². The van der Waals surface area contributed by atoms with Gasteiger partial charge in [-0.3, -0.25) is 9.48 Å². The van der Waals surface area contributed by atoms with Crippen molar-refractivity contribution in [2.45, 2.75) is 32.5 Å². The molecule has 0 fully saturated rings. The minimum absolute atomic E-state index is 0.0711. The van der Waals surface area contributed by atoms with Crippen molar-refractivity contribution in [3.8, 4) is 0 Å². The number of nitrogens with one attached hydrogen (secondary N) is 1. The molecule has 0 bridgehead atoms. The normalized spacial score (nSPS) is 20.9. The highest BCUT2D eigenvalue weighted by Crippen LogP contribution is 2.30. The van der Waals surface area contributed by atoms with E-state index in [0.717, 1.165) is 11.8 Å². The monoisotopic (exact) mass is 453 g/mol. The maximum Gasteiger partial charge on any atom is 0.322 e. The van der Waals surface area contributed by atoms with Crippen LogP contribution in [0.2, 0.25) is 5.02 Å². The second kappa shape index (κ2) is 8.08. The Labute approximate surface area is 182 Å². The Morgan fingerprint density at radius 3 is 2.77 bits per heavy atom. The maximum absolute atomic E-state index is 14.1. The lowest BCUT2D eigenvalue weighted by atomic mass is 9.99. The van der Waals surface area contributed by atoms with Crippen LogP contribution >= 0.6 is 11.6 Å². The van der Waals surface area contributed by atoms with E-state index in [1.807, 2.05) is 6.92 Å². The molecule has 11 heteroatoms. The third-order valence-corrected chi connectivity index (χ3v) is 6.06. The summed E-state index contributed by atoms with van der Waals surface area (Å²) in [5.74, 6) is -2.22. The smallest absolute Gasteiger partial charge is 0.322 e. The Kier molecular flexibility index (Phi) is 5.61. The van der Waals surface area contributed by atoms with Crippen LogP contribution in [0.1, 0.15) is 28.7 Å². The Morgan fingerprint density at radius 1 is 1.32 bits per heavy atom. The third kappa shape index (κ3) is 3.85. The number of carbonyl (C=O) groups is 2. The number of nitrogens with zero attached hydrogens (tertiary/aromatic N) is 4. The van der Waals surface area contributed by atoms with Gasteiger partial charge in [-0.25, -0.2) is 13.6 Å². The number of aliphatic hydroxyl groups is 1. The number of aliphatic hydroxyl groups excluding tert-OH is 1. The second-order valence-electron chi connectivity index (χ2n) is 8.05. The highest BCUT2D eigenvalue weighted by molar-refractivity contribution is 6.31. The first-order chi connectivity index (χ1) is 14.7. The summed E-state index contributed by atoms with van der Waals surface area (Å²) in [5.41, 5.74) is 1.53. The molecule has 31 heavy (non-hydrogen) atoms. The van der Waals surface area contributed by atoms with Crippen molar-refractivity contribution in [3.63, 3.8) is 0 Å². The molecule has 2 aliphatic heterocycles. The molecule has 2 aromatic rings. The predicted octanol–water partition coefficient (Wildman–Crippen LogP) is 2.49. The number of anilines is 1. The van der Waals surface area contributed by atoms with Crippen molar-refractivity contribution in [2.75, 3.05) is 25.5 Å². The van der Waals surface area contributed by atoms with Crippen molar-refractivity contribution < 1.29 is 23.5 Å². The molecule has 2 unspecified atom stereocenters. The fourth-order valence-electron chi connectivity index (χ4n) is 4.11. The third-order valence-electron chi connectivity index (χ3n) is 5.77. The van der Waals surface area contributed by atoms with E-state index in [1.165, 1.54) is 4.90 Å². The number of rotatable bonds is 2. The number of carbonyl (C=O) groups excluding carboxylic acids is 2. The van der Waals surface area contributed by atoms with E-state index in [0.29, 0.717) is 36.8 Å². The summed E-state index contributed by atoms with van der Waals surface area (Å²) >= 11 is 5.71. The molecule has 3 amide bonds. The first-order valence-electron chi connectivity index (χ1n) is 9.86. The molecule has 3 heterocycles. The van der Waals surface area contributed by atoms with Gasteiger partial charge in [-0.2, -0.15) is 5.10 Å². The quantitative estimate of drug-likeness (QED) is 0.683. The Morgan fingerprint density at radius 2 is 2.06 bits per heavy atom. The largest absolute Gasteiger partial charge is 0.396 e. The summed E-state index contributed by atoms with van der Waals surface area (Å²) in [7, 11) is 1.66. The molecule has 0 aliphatic carbocycles. The molecule has 2 N–H and O–H groups in total. The van der Waals surface area contributed by atoms with Gasteiger partial charge in [0.05, 0.1) is 22.9 Å². The van der Waals surface area contributed by atoms with Crippen LogP contribution in [-0.2, 0) is 19.5 Å². The molecular formula is C20H22ClF2N5O3. The molecule has 0 saturated carbocycles. The summed E-state index contributed by atoms with van der Waals surface area (Å²) < 4.78 is 29.1. The van der Waals surface area contributed by atoms with Gasteiger partial charge in [0, 0.05) is 56.8 Å². The van der Waals surface area contributed by atoms with Gasteiger partial charge in [0.25, 0.3) is 5.91 Å². The van der Waals surface area contributed by atoms with Crippen LogP contribution in [0.4, 0.5) is 19.3 Å². The van der Waals surface area contributed by atoms with Crippen LogP contribution in [0.15, 0.2) is 12.1 Å². The van der Waals surface area contributed by atoms with E-state index in [-0.39, 0.29) is 41.7 Å². The van der Waals surface area contributed by atoms with Crippen LogP contribution in [-0.4, -0.2) is 62.9 Å². The van der Waals surface area contributed by atoms with Crippen molar-refractivity contribution in [1.82, 2.24) is 19.6 Å². The molecule has 8 nitrogen and oxygen atoms in total. The summed E-state index contributed by atoms with van der Waals surface area (Å²) in [5, 5.41) is 16.3. The van der Waals surface area contributed by atoms with E-state index < -0.39 is 17.7 Å². The second-order valence-corrected chi connectivity index (χ2v) is 8.45. The molecular weight excluding hydrogens is 432 g/mol. The summed E-state index contributed by atoms with van der Waals surface area (Å²) in [6, 6.07) is 0.762. The molecule has 0 saturated heterocycles. The van der Waals surface area contributed by atoms with E-state index in [4.69, 9.17) is 11.6 Å². The number of benzene rings is 1. The number of hydrogen-bond donors (Lipinski definition) is 2. The number of amides is 3. The van der Waals surface area contributed by atoms with Crippen LogP contribution in [0.5, 0.6) is 0 Å². The molecule has 4 rings (SSSR count). The highest BCUT2D eigenvalue weighted by atomic mass is 35.5. The highest BCUT2D eigenvalue weighted by Gasteiger charge is 2.37. The summed E-state index contributed by atoms with van der Waals surface area (Å²) in [4.78, 5) is 28.9. The minimum atomic E-state index is -0.938. The summed E-state index contributed by atoms with van der Waals surface area (Å²) in [6.45, 7) is 2.66. The molecule has 0 spiro atoms. The standard InChI is InChI=1S/C20H22ClF2N5O3/c1-10-3-16-12(18-19(30)26(2)6-11(9-29)7-28(18)25-16)8-27(10)20(31)24-17-4-13(21)14(22)5-15(17)23/h4-5,10-11,29H,3,6-9H2,1-2H3,(H,24,31). The fraction of sp³-hybridized carbons (Fsp3) is 0.450. The minimum Gasteiger partial charge on any atom is -0.396 e. The number of urea groups is 1. The first-order valence-corrected chi connectivity index (χ1v) is 10.2. The lowest BCUT2D eigenvalue weighted by Crippen LogP contribution is -2.45. The number of aromatic nitrogens is 2. The van der Waals surface area contributed by atoms with Crippen LogP contribution < -0.4 is 5.32 Å². The Hall–Kier alpha value is -2.72. The van der Waals surface area contributed by atoms with Gasteiger partial charge in [-0.15, -0.1) is 0 Å². The van der Waals surface area contributed by atoms with Gasteiger partial charge in [0.15, 0.2) is 0 Å². The molecule has 2 atom stereocenters. The zero-order valence-corrected chi connectivity index (χ0v) is 17.8. The number of halogens is 3. The average molecular weight is 454 g/mol. The zero-order chi connectivity index (χ0) is 22.4. The van der Waals surface area contributed by atoms with Gasteiger partial charge in [0.2, 0.25) is 0 Å². The van der Waals surface area contributed by atoms with Crippen molar-refractivity contribution in [3.05, 3.63) is 45.7 Å². The van der Waals surface area contributed by atoms with Gasteiger partial charge in [0.1, 0.15) is 17.3 Å². The van der Waals surface area contributed by atoms with Crippen molar-refractivity contribution in [1.29, 1.82) is 0 Å². The van der Waals surface area contributed by atoms with E-state index in [1.54, 1.807) is 16.6 Å². The fourth-order valence-corrected chi connectivity index (χ4v) is 4.28. The lowest BCUT2D eigenvalue weighted by Gasteiger charge is -2.33. The van der Waals surface area contributed by atoms with Gasteiger partial charge < -0.3 is 20.2 Å². The SMILES string of the molecule is CC1Cc2nn3c(c2CN1C(=O)Nc1cc(Cl)c(F)cc1F)C(=O)N(C)CC(CO)C3. The van der Waals surface area contributed by atoms with E-state index >= 15 is 0 Å². The van der Waals surface area contributed by atoms with Crippen LogP contribution in [0.25, 0.3) is 0 Å². The van der Waals surface area contributed by atoms with Crippen molar-refractivity contribution in [2.24, 2.45) is 5.92 Å². The van der Waals surface area contributed by atoms with Gasteiger partial charge >= 0.3 is 6.03 Å². The molecule has 1 aromatic heterocycles. The molecule has 1 aromatic carbocycles. The Balaban J connectivity index is 1.63. The predicted molar refractivity (Wildman–Crippen MR) is 109 cm³/mol.